The monoisotopic (exact) mass is 493 g/mol. The fourth-order valence-electron chi connectivity index (χ4n) is 2.69. The first-order valence-electron chi connectivity index (χ1n) is 8.49. The van der Waals surface area contributed by atoms with Gasteiger partial charge < -0.3 is 5.32 Å². The van der Waals surface area contributed by atoms with Gasteiger partial charge in [-0.1, -0.05) is 29.5 Å². The summed E-state index contributed by atoms with van der Waals surface area (Å²) in [6.07, 6.45) is 0.156. The zero-order valence-electron chi connectivity index (χ0n) is 15.3. The number of rotatable bonds is 3. The predicted molar refractivity (Wildman–Crippen MR) is 120 cm³/mol. The van der Waals surface area contributed by atoms with E-state index < -0.39 is 5.25 Å². The fraction of sp³-hybridized carbons (Fsp3) is 0.250. The van der Waals surface area contributed by atoms with Crippen molar-refractivity contribution in [3.05, 3.63) is 57.2 Å². The molecule has 0 aromatic heterocycles. The Labute approximate surface area is 176 Å². The average molecular weight is 493 g/mol. The lowest BCUT2D eigenvalue weighted by Crippen LogP contribution is -2.43. The fourth-order valence-corrected chi connectivity index (χ4v) is 4.11. The van der Waals surface area contributed by atoms with Crippen LogP contribution in [-0.4, -0.2) is 34.2 Å². The zero-order valence-corrected chi connectivity index (χ0v) is 18.3. The zero-order chi connectivity index (χ0) is 19.6. The molecular formula is C20H20IN3O2S. The molecule has 1 atom stereocenters. The number of amidine groups is 1. The van der Waals surface area contributed by atoms with Gasteiger partial charge in [-0.05, 0) is 72.3 Å². The van der Waals surface area contributed by atoms with Crippen molar-refractivity contribution in [2.45, 2.75) is 25.5 Å². The summed E-state index contributed by atoms with van der Waals surface area (Å²) in [7, 11) is 1.69. The molecule has 0 radical (unpaired) electrons. The van der Waals surface area contributed by atoms with Crippen LogP contribution in [0, 0.1) is 17.4 Å². The molecule has 7 heteroatoms. The maximum Gasteiger partial charge on any atom is 0.238 e. The van der Waals surface area contributed by atoms with Crippen molar-refractivity contribution in [3.8, 4) is 0 Å². The number of anilines is 1. The molecule has 1 fully saturated rings. The number of halogens is 1. The topological polar surface area (TPSA) is 61.8 Å². The molecule has 140 valence electrons. The van der Waals surface area contributed by atoms with Crippen molar-refractivity contribution in [2.24, 2.45) is 4.99 Å². The Morgan fingerprint density at radius 2 is 1.93 bits per heavy atom. The van der Waals surface area contributed by atoms with Crippen LogP contribution in [0.25, 0.3) is 0 Å². The Morgan fingerprint density at radius 1 is 1.22 bits per heavy atom. The minimum Gasteiger partial charge on any atom is -0.325 e. The molecule has 1 aliphatic heterocycles. The minimum absolute atomic E-state index is 0.112. The van der Waals surface area contributed by atoms with Crippen molar-refractivity contribution in [3.63, 3.8) is 0 Å². The Hall–Kier alpha value is -1.87. The quantitative estimate of drug-likeness (QED) is 0.641. The van der Waals surface area contributed by atoms with Gasteiger partial charge >= 0.3 is 0 Å². The minimum atomic E-state index is -0.503. The summed E-state index contributed by atoms with van der Waals surface area (Å²) in [5, 5.41) is 2.98. The number of hydrogen-bond acceptors (Lipinski definition) is 4. The number of carbonyl (C=O) groups is 2. The van der Waals surface area contributed by atoms with E-state index in [-0.39, 0.29) is 18.2 Å². The van der Waals surface area contributed by atoms with Gasteiger partial charge in [-0.15, -0.1) is 0 Å². The smallest absolute Gasteiger partial charge is 0.238 e. The van der Waals surface area contributed by atoms with E-state index >= 15 is 0 Å². The lowest BCUT2D eigenvalue weighted by molar-refractivity contribution is -0.128. The standard InChI is InChI=1S/C20H20IN3O2S/c1-12-4-9-16(13(2)10-12)23-19(26)17-11-18(25)24(3)20(27-17)22-15-7-5-14(21)6-8-15/h4-10,17H,11H2,1-3H3,(H,23,26)/t17-/m1/s1. The molecule has 0 unspecified atom stereocenters. The maximum atomic E-state index is 12.7. The van der Waals surface area contributed by atoms with E-state index in [1.54, 1.807) is 7.05 Å². The van der Waals surface area contributed by atoms with Crippen LogP contribution in [0.2, 0.25) is 0 Å². The van der Waals surface area contributed by atoms with Crippen LogP contribution < -0.4 is 5.32 Å². The average Bonchev–Trinajstić information content (AvgIpc) is 2.63. The molecule has 0 bridgehead atoms. The summed E-state index contributed by atoms with van der Waals surface area (Å²) in [5.41, 5.74) is 3.67. The molecule has 2 amide bonds. The lowest BCUT2D eigenvalue weighted by Gasteiger charge is -2.29. The lowest BCUT2D eigenvalue weighted by atomic mass is 10.1. The highest BCUT2D eigenvalue weighted by Crippen LogP contribution is 2.29. The summed E-state index contributed by atoms with van der Waals surface area (Å²) in [4.78, 5) is 31.2. The van der Waals surface area contributed by atoms with Gasteiger partial charge in [-0.3, -0.25) is 14.5 Å². The second-order valence-corrected chi connectivity index (χ2v) is 8.86. The number of aryl methyl sites for hydroxylation is 2. The Kier molecular flexibility index (Phi) is 6.21. The first-order chi connectivity index (χ1) is 12.8. The van der Waals surface area contributed by atoms with E-state index in [2.05, 4.69) is 32.9 Å². The van der Waals surface area contributed by atoms with E-state index in [0.717, 1.165) is 26.1 Å². The Balaban J connectivity index is 1.78. The number of aliphatic imine (C=N–C) groups is 1. The van der Waals surface area contributed by atoms with Crippen molar-refractivity contribution in [1.29, 1.82) is 0 Å². The van der Waals surface area contributed by atoms with E-state index in [9.17, 15) is 9.59 Å². The highest BCUT2D eigenvalue weighted by atomic mass is 127. The molecule has 1 saturated heterocycles. The number of amides is 2. The SMILES string of the molecule is Cc1ccc(NC(=O)[C@H]2CC(=O)N(C)C(=Nc3ccc(I)cc3)S2)c(C)c1. The molecule has 0 saturated carbocycles. The summed E-state index contributed by atoms with van der Waals surface area (Å²) in [6.45, 7) is 3.97. The molecule has 1 aliphatic rings. The third-order valence-electron chi connectivity index (χ3n) is 4.25. The number of nitrogens with zero attached hydrogens (tertiary/aromatic N) is 2. The normalized spacial score (nSPS) is 18.7. The van der Waals surface area contributed by atoms with Crippen molar-refractivity contribution >= 4 is 62.7 Å². The summed E-state index contributed by atoms with van der Waals surface area (Å²) in [6, 6.07) is 13.6. The molecule has 0 spiro atoms. The molecule has 2 aromatic carbocycles. The van der Waals surface area contributed by atoms with E-state index in [1.807, 2.05) is 56.3 Å². The Morgan fingerprint density at radius 3 is 2.59 bits per heavy atom. The highest BCUT2D eigenvalue weighted by Gasteiger charge is 2.34. The molecule has 5 nitrogen and oxygen atoms in total. The van der Waals surface area contributed by atoms with Crippen molar-refractivity contribution in [2.75, 3.05) is 12.4 Å². The number of carbonyl (C=O) groups excluding carboxylic acids is 2. The van der Waals surface area contributed by atoms with Crippen LogP contribution in [-0.2, 0) is 9.59 Å². The van der Waals surface area contributed by atoms with E-state index in [0.29, 0.717) is 5.17 Å². The number of hydrogen-bond donors (Lipinski definition) is 1. The van der Waals surface area contributed by atoms with Gasteiger partial charge in [0.2, 0.25) is 11.8 Å². The van der Waals surface area contributed by atoms with Crippen LogP contribution in [0.15, 0.2) is 47.5 Å². The van der Waals surface area contributed by atoms with Gasteiger partial charge in [0.05, 0.1) is 5.69 Å². The second kappa shape index (κ2) is 8.43. The third-order valence-corrected chi connectivity index (χ3v) is 6.21. The molecule has 1 heterocycles. The maximum absolute atomic E-state index is 12.7. The van der Waals surface area contributed by atoms with Crippen molar-refractivity contribution in [1.82, 2.24) is 4.90 Å². The summed E-state index contributed by atoms with van der Waals surface area (Å²) in [5.74, 6) is -0.289. The third kappa shape index (κ3) is 4.90. The number of nitrogens with one attached hydrogen (secondary N) is 1. The van der Waals surface area contributed by atoms with Crippen LogP contribution in [0.3, 0.4) is 0 Å². The highest BCUT2D eigenvalue weighted by molar-refractivity contribution is 14.1. The van der Waals surface area contributed by atoms with E-state index in [1.165, 1.54) is 16.7 Å². The van der Waals surface area contributed by atoms with Crippen LogP contribution in [0.5, 0.6) is 0 Å². The van der Waals surface area contributed by atoms with Gasteiger partial charge in [-0.25, -0.2) is 4.99 Å². The van der Waals surface area contributed by atoms with Crippen LogP contribution >= 0.6 is 34.4 Å². The first kappa shape index (κ1) is 19.9. The van der Waals surface area contributed by atoms with Crippen LogP contribution in [0.1, 0.15) is 17.5 Å². The number of thioether (sulfide) groups is 1. The van der Waals surface area contributed by atoms with Gasteiger partial charge in [0.1, 0.15) is 5.25 Å². The van der Waals surface area contributed by atoms with Gasteiger partial charge in [-0.2, -0.15) is 0 Å². The molecule has 0 aliphatic carbocycles. The molecular weight excluding hydrogens is 473 g/mol. The van der Waals surface area contributed by atoms with E-state index in [4.69, 9.17) is 0 Å². The molecule has 2 aromatic rings. The molecule has 27 heavy (non-hydrogen) atoms. The van der Waals surface area contributed by atoms with Gasteiger partial charge in [0.25, 0.3) is 0 Å². The predicted octanol–water partition coefficient (Wildman–Crippen LogP) is 4.50. The van der Waals surface area contributed by atoms with Crippen molar-refractivity contribution < 1.29 is 9.59 Å². The summed E-state index contributed by atoms with van der Waals surface area (Å²) < 4.78 is 1.11. The first-order valence-corrected chi connectivity index (χ1v) is 10.4. The number of benzene rings is 2. The summed E-state index contributed by atoms with van der Waals surface area (Å²) >= 11 is 3.55. The molecule has 1 N–H and O–H groups in total. The Bertz CT molecular complexity index is 912. The second-order valence-electron chi connectivity index (χ2n) is 6.44. The van der Waals surface area contributed by atoms with Crippen LogP contribution in [0.4, 0.5) is 11.4 Å². The van der Waals surface area contributed by atoms with Gasteiger partial charge in [0, 0.05) is 22.7 Å². The largest absolute Gasteiger partial charge is 0.325 e. The van der Waals surface area contributed by atoms with Gasteiger partial charge in [0.15, 0.2) is 5.17 Å². The molecule has 3 rings (SSSR count).